The van der Waals surface area contributed by atoms with Gasteiger partial charge in [0, 0.05) is 0 Å². The first-order valence-electron chi connectivity index (χ1n) is 3.74. The van der Waals surface area contributed by atoms with E-state index in [0.717, 1.165) is 0 Å². The van der Waals surface area contributed by atoms with E-state index in [4.69, 9.17) is 22.1 Å². The van der Waals surface area contributed by atoms with Crippen molar-refractivity contribution >= 4 is 22.6 Å². The summed E-state index contributed by atoms with van der Waals surface area (Å²) in [5, 5.41) is 17.7. The Morgan fingerprint density at radius 2 is 1.86 bits per heavy atom. The number of aromatic amines is 1. The molecule has 0 saturated carbocycles. The third kappa shape index (κ3) is 1.19. The first-order chi connectivity index (χ1) is 6.74. The average Bonchev–Trinajstić information content (AvgIpc) is 2.54. The fraction of sp³-hybridized carbons (Fsp3) is 0. The third-order valence-corrected chi connectivity index (χ3v) is 2.01. The van der Waals surface area contributed by atoms with Gasteiger partial charge in [0.05, 0.1) is 22.2 Å². The molecule has 0 fully saturated rings. The van der Waals surface area contributed by atoms with Gasteiger partial charge in [-0.25, -0.2) is 4.98 Å². The Labute approximate surface area is 84.4 Å². The van der Waals surface area contributed by atoms with E-state index in [2.05, 4.69) is 9.97 Å². The number of hydrogen-bond donors (Lipinski definition) is 1. The number of nitrogens with one attached hydrogen (secondary N) is 1. The zero-order chi connectivity index (χ0) is 10.1. The minimum Gasteiger partial charge on any atom is -0.329 e. The van der Waals surface area contributed by atoms with Crippen LogP contribution in [0.3, 0.4) is 0 Å². The molecule has 0 aliphatic rings. The van der Waals surface area contributed by atoms with Crippen molar-refractivity contribution in [1.29, 1.82) is 10.5 Å². The molecule has 2 rings (SSSR count). The van der Waals surface area contributed by atoms with E-state index in [9.17, 15) is 0 Å². The molecule has 1 N–H and O–H groups in total. The fourth-order valence-electron chi connectivity index (χ4n) is 1.21. The van der Waals surface area contributed by atoms with Crippen LogP contribution < -0.4 is 0 Å². The summed E-state index contributed by atoms with van der Waals surface area (Å²) in [5.41, 5.74) is 1.87. The van der Waals surface area contributed by atoms with E-state index in [-0.39, 0.29) is 5.28 Å². The van der Waals surface area contributed by atoms with Crippen LogP contribution in [0.2, 0.25) is 5.28 Å². The van der Waals surface area contributed by atoms with Gasteiger partial charge in [-0.05, 0) is 23.7 Å². The zero-order valence-corrected chi connectivity index (χ0v) is 7.63. The Bertz CT molecular complexity index is 534. The van der Waals surface area contributed by atoms with E-state index >= 15 is 0 Å². The topological polar surface area (TPSA) is 76.3 Å². The number of H-pyrrole nitrogens is 1. The minimum atomic E-state index is 0.249. The highest BCUT2D eigenvalue weighted by atomic mass is 35.5. The maximum Gasteiger partial charge on any atom is 0.201 e. The Balaban J connectivity index is 2.84. The molecule has 2 aromatic rings. The third-order valence-electron chi connectivity index (χ3n) is 1.83. The predicted molar refractivity (Wildman–Crippen MR) is 50.5 cm³/mol. The monoisotopic (exact) mass is 202 g/mol. The van der Waals surface area contributed by atoms with Gasteiger partial charge in [-0.2, -0.15) is 10.5 Å². The summed E-state index contributed by atoms with van der Waals surface area (Å²) in [6, 6.07) is 6.96. The van der Waals surface area contributed by atoms with Gasteiger partial charge in [0.1, 0.15) is 12.1 Å². The molecule has 14 heavy (non-hydrogen) atoms. The molecule has 1 heterocycles. The molecule has 5 heteroatoms. The molecule has 0 radical (unpaired) electrons. The SMILES string of the molecule is N#Cc1cc2nc(Cl)[nH]c2cc1C#N. The lowest BCUT2D eigenvalue weighted by molar-refractivity contribution is 1.34. The number of rotatable bonds is 0. The van der Waals surface area contributed by atoms with Crippen molar-refractivity contribution in [1.82, 2.24) is 9.97 Å². The van der Waals surface area contributed by atoms with Crippen molar-refractivity contribution in [3.8, 4) is 12.1 Å². The summed E-state index contributed by atoms with van der Waals surface area (Å²) < 4.78 is 0. The number of fused-ring (bicyclic) bond motifs is 1. The summed E-state index contributed by atoms with van der Waals surface area (Å²) in [7, 11) is 0. The highest BCUT2D eigenvalue weighted by molar-refractivity contribution is 6.29. The average molecular weight is 203 g/mol. The normalized spacial score (nSPS) is 9.64. The van der Waals surface area contributed by atoms with Gasteiger partial charge in [0.2, 0.25) is 5.28 Å². The Morgan fingerprint density at radius 1 is 1.21 bits per heavy atom. The first-order valence-corrected chi connectivity index (χ1v) is 4.12. The maximum atomic E-state index is 8.75. The van der Waals surface area contributed by atoms with Crippen LogP contribution in [0.5, 0.6) is 0 Å². The van der Waals surface area contributed by atoms with Gasteiger partial charge >= 0.3 is 0 Å². The maximum absolute atomic E-state index is 8.75. The van der Waals surface area contributed by atoms with E-state index < -0.39 is 0 Å². The zero-order valence-electron chi connectivity index (χ0n) is 6.87. The van der Waals surface area contributed by atoms with Crippen LogP contribution in [-0.4, -0.2) is 9.97 Å². The Kier molecular flexibility index (Phi) is 1.85. The predicted octanol–water partition coefficient (Wildman–Crippen LogP) is 1.96. The lowest BCUT2D eigenvalue weighted by Gasteiger charge is -1.92. The number of aromatic nitrogens is 2. The largest absolute Gasteiger partial charge is 0.329 e. The minimum absolute atomic E-state index is 0.249. The van der Waals surface area contributed by atoms with Crippen LogP contribution in [0.4, 0.5) is 0 Å². The number of halogens is 1. The molecule has 0 amide bonds. The number of benzene rings is 1. The van der Waals surface area contributed by atoms with Crippen LogP contribution in [0, 0.1) is 22.7 Å². The lowest BCUT2D eigenvalue weighted by Crippen LogP contribution is -1.83. The summed E-state index contributed by atoms with van der Waals surface area (Å²) in [6.45, 7) is 0. The van der Waals surface area contributed by atoms with Gasteiger partial charge < -0.3 is 4.98 Å². The van der Waals surface area contributed by atoms with Crippen molar-refractivity contribution in [2.75, 3.05) is 0 Å². The highest BCUT2D eigenvalue weighted by Crippen LogP contribution is 2.19. The molecular weight excluding hydrogens is 200 g/mol. The molecule has 4 nitrogen and oxygen atoms in total. The van der Waals surface area contributed by atoms with Crippen molar-refractivity contribution in [3.63, 3.8) is 0 Å². The molecule has 0 unspecified atom stereocenters. The van der Waals surface area contributed by atoms with E-state index in [1.54, 1.807) is 6.07 Å². The van der Waals surface area contributed by atoms with E-state index in [0.29, 0.717) is 22.2 Å². The van der Waals surface area contributed by atoms with Crippen LogP contribution in [0.25, 0.3) is 11.0 Å². The second-order valence-corrected chi connectivity index (χ2v) is 3.02. The number of nitriles is 2. The van der Waals surface area contributed by atoms with Crippen LogP contribution in [-0.2, 0) is 0 Å². The standard InChI is InChI=1S/C9H3ClN4/c10-9-13-7-1-5(3-11)6(4-12)2-8(7)14-9/h1-2H,(H,13,14). The molecule has 0 atom stereocenters. The highest BCUT2D eigenvalue weighted by Gasteiger charge is 2.07. The lowest BCUT2D eigenvalue weighted by atomic mass is 10.1. The molecule has 1 aromatic carbocycles. The van der Waals surface area contributed by atoms with Gasteiger partial charge in [0.15, 0.2) is 0 Å². The summed E-state index contributed by atoms with van der Waals surface area (Å²) in [6.07, 6.45) is 0. The van der Waals surface area contributed by atoms with Crippen molar-refractivity contribution in [2.45, 2.75) is 0 Å². The van der Waals surface area contributed by atoms with Crippen molar-refractivity contribution in [2.24, 2.45) is 0 Å². The molecule has 66 valence electrons. The van der Waals surface area contributed by atoms with Crippen LogP contribution in [0.15, 0.2) is 12.1 Å². The second-order valence-electron chi connectivity index (χ2n) is 2.67. The first kappa shape index (κ1) is 8.55. The van der Waals surface area contributed by atoms with Crippen LogP contribution in [0.1, 0.15) is 11.1 Å². The number of nitrogens with zero attached hydrogens (tertiary/aromatic N) is 3. The second kappa shape index (κ2) is 3.02. The molecule has 1 aromatic heterocycles. The summed E-state index contributed by atoms with van der Waals surface area (Å²) >= 11 is 5.64. The fourth-order valence-corrected chi connectivity index (χ4v) is 1.40. The molecule has 0 spiro atoms. The Hall–Kier alpha value is -2.04. The molecule has 0 aliphatic heterocycles. The van der Waals surface area contributed by atoms with Crippen LogP contribution >= 0.6 is 11.6 Å². The molecular formula is C9H3ClN4. The Morgan fingerprint density at radius 3 is 2.50 bits per heavy atom. The van der Waals surface area contributed by atoms with Crippen molar-refractivity contribution < 1.29 is 0 Å². The summed E-state index contributed by atoms with van der Waals surface area (Å²) in [4.78, 5) is 6.72. The van der Waals surface area contributed by atoms with Gasteiger partial charge in [-0.3, -0.25) is 0 Å². The quantitative estimate of drug-likeness (QED) is 0.710. The van der Waals surface area contributed by atoms with Crippen molar-refractivity contribution in [3.05, 3.63) is 28.5 Å². The smallest absolute Gasteiger partial charge is 0.201 e. The van der Waals surface area contributed by atoms with Gasteiger partial charge in [0.25, 0.3) is 0 Å². The van der Waals surface area contributed by atoms with Gasteiger partial charge in [-0.1, -0.05) is 0 Å². The van der Waals surface area contributed by atoms with E-state index in [1.165, 1.54) is 6.07 Å². The molecule has 0 aliphatic carbocycles. The van der Waals surface area contributed by atoms with E-state index in [1.807, 2.05) is 12.1 Å². The number of hydrogen-bond acceptors (Lipinski definition) is 3. The summed E-state index contributed by atoms with van der Waals surface area (Å²) in [5.74, 6) is 0. The number of imidazole rings is 1. The molecule has 0 saturated heterocycles. The molecule has 0 bridgehead atoms. The van der Waals surface area contributed by atoms with Gasteiger partial charge in [-0.15, -0.1) is 0 Å².